The molecule has 2 aromatic carbocycles. The monoisotopic (exact) mass is 356 g/mol. The summed E-state index contributed by atoms with van der Waals surface area (Å²) in [5.74, 6) is -1.78. The highest BCUT2D eigenvalue weighted by Gasteiger charge is 2.20. The second-order valence-corrected chi connectivity index (χ2v) is 5.74. The number of imide groups is 1. The van der Waals surface area contributed by atoms with Gasteiger partial charge in [-0.2, -0.15) is 0 Å². The molecule has 3 amide bonds. The molecule has 0 heterocycles. The van der Waals surface area contributed by atoms with E-state index in [0.717, 1.165) is 11.1 Å². The van der Waals surface area contributed by atoms with Gasteiger partial charge in [-0.05, 0) is 31.0 Å². The number of nitrogens with one attached hydrogen (secondary N) is 2. The van der Waals surface area contributed by atoms with Gasteiger partial charge >= 0.3 is 12.0 Å². The lowest BCUT2D eigenvalue weighted by Gasteiger charge is -2.12. The maximum Gasteiger partial charge on any atom is 0.340 e. The van der Waals surface area contributed by atoms with E-state index in [1.54, 1.807) is 36.4 Å². The van der Waals surface area contributed by atoms with Crippen molar-refractivity contribution in [1.82, 2.24) is 5.32 Å². The second kappa shape index (κ2) is 8.77. The lowest BCUT2D eigenvalue weighted by Crippen LogP contribution is -2.37. The molecule has 3 N–H and O–H groups in total. The van der Waals surface area contributed by atoms with Crippen LogP contribution >= 0.6 is 0 Å². The number of aliphatic hydroxyl groups excluding tert-OH is 1. The molecule has 0 spiro atoms. The van der Waals surface area contributed by atoms with E-state index in [1.807, 2.05) is 26.0 Å². The van der Waals surface area contributed by atoms with Gasteiger partial charge in [-0.3, -0.25) is 10.1 Å². The molecule has 2 aromatic rings. The van der Waals surface area contributed by atoms with Gasteiger partial charge in [-0.15, -0.1) is 0 Å². The first-order chi connectivity index (χ1) is 12.4. The summed E-state index contributed by atoms with van der Waals surface area (Å²) in [4.78, 5) is 35.3. The molecular formula is C19H20N2O5. The fourth-order valence-electron chi connectivity index (χ4n) is 2.26. The minimum absolute atomic E-state index is 0.352. The Kier molecular flexibility index (Phi) is 6.46. The largest absolute Gasteiger partial charge is 0.453 e. The normalized spacial score (nSPS) is 11.3. The molecule has 7 nitrogen and oxygen atoms in total. The summed E-state index contributed by atoms with van der Waals surface area (Å²) in [7, 11) is 0. The molecule has 0 saturated carbocycles. The SMILES string of the molecule is Cc1ccc(NC(=O)NC(=O)COC(=O)[C@H](O)c2ccccc2)c(C)c1. The Hall–Kier alpha value is -3.19. The van der Waals surface area contributed by atoms with Crippen molar-refractivity contribution in [2.75, 3.05) is 11.9 Å². The van der Waals surface area contributed by atoms with Crippen molar-refractivity contribution in [3.8, 4) is 0 Å². The van der Waals surface area contributed by atoms with Crippen LogP contribution in [0.2, 0.25) is 0 Å². The first kappa shape index (κ1) is 19.1. The predicted octanol–water partition coefficient (Wildman–Crippen LogP) is 2.23. The van der Waals surface area contributed by atoms with E-state index < -0.39 is 30.6 Å². The van der Waals surface area contributed by atoms with Crippen LogP contribution < -0.4 is 10.6 Å². The number of carbonyl (C=O) groups is 3. The van der Waals surface area contributed by atoms with Crippen LogP contribution in [0.5, 0.6) is 0 Å². The number of aryl methyl sites for hydroxylation is 2. The summed E-state index contributed by atoms with van der Waals surface area (Å²) in [6, 6.07) is 12.9. The van der Waals surface area contributed by atoms with E-state index in [-0.39, 0.29) is 0 Å². The molecule has 26 heavy (non-hydrogen) atoms. The first-order valence-corrected chi connectivity index (χ1v) is 7.94. The number of aliphatic hydroxyl groups is 1. The quantitative estimate of drug-likeness (QED) is 0.713. The molecule has 0 radical (unpaired) electrons. The third-order valence-electron chi connectivity index (χ3n) is 3.57. The van der Waals surface area contributed by atoms with E-state index in [4.69, 9.17) is 4.74 Å². The van der Waals surface area contributed by atoms with Crippen LogP contribution in [0.3, 0.4) is 0 Å². The van der Waals surface area contributed by atoms with Crippen molar-refractivity contribution >= 4 is 23.6 Å². The number of benzene rings is 2. The van der Waals surface area contributed by atoms with Crippen molar-refractivity contribution < 1.29 is 24.2 Å². The molecule has 0 aromatic heterocycles. The van der Waals surface area contributed by atoms with E-state index >= 15 is 0 Å². The van der Waals surface area contributed by atoms with Crippen molar-refractivity contribution in [3.63, 3.8) is 0 Å². The Bertz CT molecular complexity index is 805. The van der Waals surface area contributed by atoms with Gasteiger partial charge in [0.25, 0.3) is 5.91 Å². The van der Waals surface area contributed by atoms with Gasteiger partial charge < -0.3 is 15.2 Å². The lowest BCUT2D eigenvalue weighted by atomic mass is 10.1. The number of urea groups is 1. The average Bonchev–Trinajstić information content (AvgIpc) is 2.62. The maximum absolute atomic E-state index is 11.8. The molecule has 0 bridgehead atoms. The number of esters is 1. The summed E-state index contributed by atoms with van der Waals surface area (Å²) in [5.41, 5.74) is 2.82. The predicted molar refractivity (Wildman–Crippen MR) is 95.4 cm³/mol. The van der Waals surface area contributed by atoms with Crippen LogP contribution in [-0.2, 0) is 14.3 Å². The zero-order valence-corrected chi connectivity index (χ0v) is 14.5. The molecule has 0 aliphatic carbocycles. The molecule has 7 heteroatoms. The third-order valence-corrected chi connectivity index (χ3v) is 3.57. The Morgan fingerprint density at radius 3 is 2.42 bits per heavy atom. The Morgan fingerprint density at radius 2 is 1.77 bits per heavy atom. The summed E-state index contributed by atoms with van der Waals surface area (Å²) in [6.07, 6.45) is -1.49. The number of hydrogen-bond acceptors (Lipinski definition) is 5. The van der Waals surface area contributed by atoms with Gasteiger partial charge in [0.2, 0.25) is 0 Å². The van der Waals surface area contributed by atoms with Gasteiger partial charge in [0.1, 0.15) is 0 Å². The number of anilines is 1. The van der Waals surface area contributed by atoms with Gasteiger partial charge in [0.05, 0.1) is 0 Å². The van der Waals surface area contributed by atoms with E-state index in [2.05, 4.69) is 10.6 Å². The second-order valence-electron chi connectivity index (χ2n) is 5.74. The van der Waals surface area contributed by atoms with Crippen molar-refractivity contribution in [2.24, 2.45) is 0 Å². The third kappa shape index (κ3) is 5.42. The molecule has 0 unspecified atom stereocenters. The number of amides is 3. The topological polar surface area (TPSA) is 105 Å². The van der Waals surface area contributed by atoms with Crippen LogP contribution in [0.1, 0.15) is 22.8 Å². The molecular weight excluding hydrogens is 336 g/mol. The zero-order chi connectivity index (χ0) is 19.1. The van der Waals surface area contributed by atoms with Crippen LogP contribution in [0, 0.1) is 13.8 Å². The first-order valence-electron chi connectivity index (χ1n) is 7.94. The maximum atomic E-state index is 11.8. The highest BCUT2D eigenvalue weighted by Crippen LogP contribution is 2.16. The van der Waals surface area contributed by atoms with Crippen LogP contribution in [-0.4, -0.2) is 29.6 Å². The Labute approximate surface area is 151 Å². The molecule has 1 atom stereocenters. The zero-order valence-electron chi connectivity index (χ0n) is 14.5. The van der Waals surface area contributed by atoms with Crippen molar-refractivity contribution in [1.29, 1.82) is 0 Å². The number of carbonyl (C=O) groups excluding carboxylic acids is 3. The molecule has 136 valence electrons. The van der Waals surface area contributed by atoms with Crippen LogP contribution in [0.25, 0.3) is 0 Å². The summed E-state index contributed by atoms with van der Waals surface area (Å²) in [5, 5.41) is 14.4. The lowest BCUT2D eigenvalue weighted by molar-refractivity contribution is -0.157. The smallest absolute Gasteiger partial charge is 0.340 e. The van der Waals surface area contributed by atoms with Gasteiger partial charge in [-0.1, -0.05) is 48.0 Å². The van der Waals surface area contributed by atoms with Gasteiger partial charge in [0, 0.05) is 5.69 Å². The standard InChI is InChI=1S/C19H20N2O5/c1-12-8-9-15(13(2)10-12)20-19(25)21-16(22)11-26-18(24)17(23)14-6-4-3-5-7-14/h3-10,17,23H,11H2,1-2H3,(H2,20,21,22,25)/t17-/m1/s1. The van der Waals surface area contributed by atoms with E-state index in [0.29, 0.717) is 11.3 Å². The average molecular weight is 356 g/mol. The summed E-state index contributed by atoms with van der Waals surface area (Å²) < 4.78 is 4.73. The van der Waals surface area contributed by atoms with Crippen LogP contribution in [0.4, 0.5) is 10.5 Å². The number of rotatable bonds is 5. The van der Waals surface area contributed by atoms with Crippen LogP contribution in [0.15, 0.2) is 48.5 Å². The molecule has 0 fully saturated rings. The van der Waals surface area contributed by atoms with Crippen molar-refractivity contribution in [2.45, 2.75) is 20.0 Å². The van der Waals surface area contributed by atoms with Crippen molar-refractivity contribution in [3.05, 3.63) is 65.2 Å². The number of hydrogen-bond donors (Lipinski definition) is 3. The molecule has 0 aliphatic rings. The molecule has 2 rings (SSSR count). The van der Waals surface area contributed by atoms with Gasteiger partial charge in [-0.25, -0.2) is 9.59 Å². The minimum Gasteiger partial charge on any atom is -0.453 e. The van der Waals surface area contributed by atoms with E-state index in [9.17, 15) is 19.5 Å². The summed E-state index contributed by atoms with van der Waals surface area (Å²) in [6.45, 7) is 3.08. The fraction of sp³-hybridized carbons (Fsp3) is 0.211. The Balaban J connectivity index is 1.81. The number of ether oxygens (including phenoxy) is 1. The summed E-state index contributed by atoms with van der Waals surface area (Å²) >= 11 is 0. The minimum atomic E-state index is -1.49. The van der Waals surface area contributed by atoms with E-state index in [1.165, 1.54) is 0 Å². The van der Waals surface area contributed by atoms with Gasteiger partial charge in [0.15, 0.2) is 12.7 Å². The Morgan fingerprint density at radius 1 is 1.08 bits per heavy atom. The molecule has 0 aliphatic heterocycles. The molecule has 0 saturated heterocycles. The highest BCUT2D eigenvalue weighted by atomic mass is 16.5. The fourth-order valence-corrected chi connectivity index (χ4v) is 2.26. The highest BCUT2D eigenvalue weighted by molar-refractivity contribution is 6.02.